The molecule has 0 aliphatic carbocycles. The fraction of sp³-hybridized carbons (Fsp3) is 0.538. The van der Waals surface area contributed by atoms with Gasteiger partial charge in [-0.2, -0.15) is 0 Å². The third-order valence-electron chi connectivity index (χ3n) is 3.06. The van der Waals surface area contributed by atoms with E-state index < -0.39 is 0 Å². The SMILES string of the molecule is Cc1ccc(N)cc1SCC1CCCCN1. The van der Waals surface area contributed by atoms with Crippen molar-refractivity contribution >= 4 is 17.4 Å². The minimum atomic E-state index is 0.680. The van der Waals surface area contributed by atoms with Gasteiger partial charge in [0.15, 0.2) is 0 Å². The molecular weight excluding hydrogens is 216 g/mol. The zero-order chi connectivity index (χ0) is 11.4. The first-order valence-corrected chi connectivity index (χ1v) is 6.96. The molecule has 0 spiro atoms. The normalized spacial score (nSPS) is 20.9. The predicted molar refractivity (Wildman–Crippen MR) is 72.0 cm³/mol. The lowest BCUT2D eigenvalue weighted by Crippen LogP contribution is -2.35. The summed E-state index contributed by atoms with van der Waals surface area (Å²) in [6.07, 6.45) is 4.01. The van der Waals surface area contributed by atoms with Crippen LogP contribution in [0.3, 0.4) is 0 Å². The molecule has 0 bridgehead atoms. The third-order valence-corrected chi connectivity index (χ3v) is 4.38. The van der Waals surface area contributed by atoms with Crippen LogP contribution in [0.15, 0.2) is 23.1 Å². The molecule has 1 aromatic rings. The highest BCUT2D eigenvalue weighted by molar-refractivity contribution is 7.99. The summed E-state index contributed by atoms with van der Waals surface area (Å²) in [7, 11) is 0. The molecular formula is C13H20N2S. The van der Waals surface area contributed by atoms with Gasteiger partial charge < -0.3 is 11.1 Å². The van der Waals surface area contributed by atoms with E-state index in [1.165, 1.54) is 36.3 Å². The molecule has 1 saturated heterocycles. The van der Waals surface area contributed by atoms with E-state index in [4.69, 9.17) is 5.73 Å². The average Bonchev–Trinajstić information content (AvgIpc) is 2.32. The molecule has 1 heterocycles. The molecule has 0 radical (unpaired) electrons. The summed E-state index contributed by atoms with van der Waals surface area (Å²) in [5.41, 5.74) is 8.00. The van der Waals surface area contributed by atoms with Gasteiger partial charge in [-0.15, -0.1) is 11.8 Å². The molecule has 1 atom stereocenters. The highest BCUT2D eigenvalue weighted by Gasteiger charge is 2.13. The number of nitrogens with one attached hydrogen (secondary N) is 1. The van der Waals surface area contributed by atoms with Crippen LogP contribution in [0.4, 0.5) is 5.69 Å². The number of hydrogen-bond acceptors (Lipinski definition) is 3. The predicted octanol–water partition coefficient (Wildman–Crippen LogP) is 2.81. The summed E-state index contributed by atoms with van der Waals surface area (Å²) in [5, 5.41) is 3.57. The van der Waals surface area contributed by atoms with Gasteiger partial charge >= 0.3 is 0 Å². The fourth-order valence-corrected chi connectivity index (χ4v) is 3.21. The number of thioether (sulfide) groups is 1. The maximum Gasteiger partial charge on any atom is 0.0325 e. The Balaban J connectivity index is 1.90. The Labute approximate surface area is 102 Å². The zero-order valence-electron chi connectivity index (χ0n) is 9.83. The Morgan fingerprint density at radius 1 is 1.44 bits per heavy atom. The summed E-state index contributed by atoms with van der Waals surface area (Å²) in [6, 6.07) is 6.84. The van der Waals surface area contributed by atoms with Crippen LogP contribution in [0.1, 0.15) is 24.8 Å². The number of nitrogen functional groups attached to an aromatic ring is 1. The van der Waals surface area contributed by atoms with Gasteiger partial charge in [0.2, 0.25) is 0 Å². The van der Waals surface area contributed by atoms with Crippen molar-refractivity contribution in [3.8, 4) is 0 Å². The number of hydrogen-bond donors (Lipinski definition) is 2. The van der Waals surface area contributed by atoms with Crippen molar-refractivity contribution in [2.24, 2.45) is 0 Å². The molecule has 88 valence electrons. The number of nitrogens with two attached hydrogens (primary N) is 1. The molecule has 1 aromatic carbocycles. The minimum Gasteiger partial charge on any atom is -0.399 e. The highest BCUT2D eigenvalue weighted by atomic mass is 32.2. The Morgan fingerprint density at radius 2 is 2.31 bits per heavy atom. The number of benzene rings is 1. The van der Waals surface area contributed by atoms with Gasteiger partial charge in [-0.3, -0.25) is 0 Å². The molecule has 0 aromatic heterocycles. The average molecular weight is 236 g/mol. The molecule has 1 aliphatic heterocycles. The van der Waals surface area contributed by atoms with Crippen molar-refractivity contribution in [3.05, 3.63) is 23.8 Å². The summed E-state index contributed by atoms with van der Waals surface area (Å²) in [5.74, 6) is 1.16. The Morgan fingerprint density at radius 3 is 3.06 bits per heavy atom. The van der Waals surface area contributed by atoms with Crippen molar-refractivity contribution in [2.75, 3.05) is 18.0 Å². The van der Waals surface area contributed by atoms with Crippen LogP contribution in [0.5, 0.6) is 0 Å². The smallest absolute Gasteiger partial charge is 0.0325 e. The molecule has 3 N–H and O–H groups in total. The minimum absolute atomic E-state index is 0.680. The van der Waals surface area contributed by atoms with E-state index in [1.54, 1.807) is 0 Å². The van der Waals surface area contributed by atoms with E-state index in [1.807, 2.05) is 17.8 Å². The van der Waals surface area contributed by atoms with Crippen LogP contribution in [0.25, 0.3) is 0 Å². The van der Waals surface area contributed by atoms with E-state index in [-0.39, 0.29) is 0 Å². The van der Waals surface area contributed by atoms with E-state index in [9.17, 15) is 0 Å². The van der Waals surface area contributed by atoms with Gasteiger partial charge in [0, 0.05) is 22.4 Å². The monoisotopic (exact) mass is 236 g/mol. The lowest BCUT2D eigenvalue weighted by molar-refractivity contribution is 0.430. The number of rotatable bonds is 3. The van der Waals surface area contributed by atoms with Gasteiger partial charge in [-0.05, 0) is 44.0 Å². The largest absolute Gasteiger partial charge is 0.399 e. The van der Waals surface area contributed by atoms with Gasteiger partial charge in [0.1, 0.15) is 0 Å². The van der Waals surface area contributed by atoms with Crippen LogP contribution < -0.4 is 11.1 Å². The van der Waals surface area contributed by atoms with E-state index in [0.29, 0.717) is 6.04 Å². The first-order chi connectivity index (χ1) is 7.75. The zero-order valence-corrected chi connectivity index (χ0v) is 10.6. The standard InChI is InChI=1S/C13H20N2S/c1-10-5-6-11(14)8-13(10)16-9-12-4-2-3-7-15-12/h5-6,8,12,15H,2-4,7,9,14H2,1H3. The van der Waals surface area contributed by atoms with Crippen molar-refractivity contribution in [3.63, 3.8) is 0 Å². The van der Waals surface area contributed by atoms with Crippen molar-refractivity contribution in [1.29, 1.82) is 0 Å². The number of anilines is 1. The topological polar surface area (TPSA) is 38.0 Å². The van der Waals surface area contributed by atoms with Crippen molar-refractivity contribution in [2.45, 2.75) is 37.1 Å². The fourth-order valence-electron chi connectivity index (χ4n) is 2.03. The molecule has 0 saturated carbocycles. The second-order valence-corrected chi connectivity index (χ2v) is 5.54. The van der Waals surface area contributed by atoms with Crippen LogP contribution in [0.2, 0.25) is 0 Å². The summed E-state index contributed by atoms with van der Waals surface area (Å²) in [6.45, 7) is 3.33. The summed E-state index contributed by atoms with van der Waals surface area (Å²) >= 11 is 1.93. The van der Waals surface area contributed by atoms with Gasteiger partial charge in [-0.1, -0.05) is 12.5 Å². The molecule has 2 rings (SSSR count). The van der Waals surface area contributed by atoms with Crippen molar-refractivity contribution in [1.82, 2.24) is 5.32 Å². The molecule has 1 fully saturated rings. The van der Waals surface area contributed by atoms with Gasteiger partial charge in [-0.25, -0.2) is 0 Å². The molecule has 2 nitrogen and oxygen atoms in total. The molecule has 16 heavy (non-hydrogen) atoms. The lowest BCUT2D eigenvalue weighted by atomic mass is 10.1. The molecule has 3 heteroatoms. The van der Waals surface area contributed by atoms with Crippen molar-refractivity contribution < 1.29 is 0 Å². The van der Waals surface area contributed by atoms with Gasteiger partial charge in [0.05, 0.1) is 0 Å². The second kappa shape index (κ2) is 5.60. The van der Waals surface area contributed by atoms with Gasteiger partial charge in [0.25, 0.3) is 0 Å². The molecule has 1 aliphatic rings. The summed E-state index contributed by atoms with van der Waals surface area (Å²) < 4.78 is 0. The molecule has 1 unspecified atom stereocenters. The Hall–Kier alpha value is -0.670. The quantitative estimate of drug-likeness (QED) is 0.626. The molecule has 0 amide bonds. The summed E-state index contributed by atoms with van der Waals surface area (Å²) in [4.78, 5) is 1.33. The highest BCUT2D eigenvalue weighted by Crippen LogP contribution is 2.26. The van der Waals surface area contributed by atoms with Crippen LogP contribution in [-0.2, 0) is 0 Å². The Kier molecular flexibility index (Phi) is 4.13. The van der Waals surface area contributed by atoms with E-state index in [0.717, 1.165) is 11.4 Å². The van der Waals surface area contributed by atoms with Crippen LogP contribution in [-0.4, -0.2) is 18.3 Å². The first-order valence-electron chi connectivity index (χ1n) is 5.98. The number of piperidine rings is 1. The van der Waals surface area contributed by atoms with E-state index >= 15 is 0 Å². The second-order valence-electron chi connectivity index (χ2n) is 4.48. The maximum absolute atomic E-state index is 5.81. The van der Waals surface area contributed by atoms with Crippen LogP contribution in [0, 0.1) is 6.92 Å². The lowest BCUT2D eigenvalue weighted by Gasteiger charge is -2.23. The van der Waals surface area contributed by atoms with E-state index in [2.05, 4.69) is 24.4 Å². The Bertz CT molecular complexity index is 346. The maximum atomic E-state index is 5.81. The third kappa shape index (κ3) is 3.16. The first kappa shape index (κ1) is 11.8. The van der Waals surface area contributed by atoms with Crippen LogP contribution >= 0.6 is 11.8 Å². The number of aryl methyl sites for hydroxylation is 1.